The zero-order valence-electron chi connectivity index (χ0n) is 10.2. The Morgan fingerprint density at radius 2 is 2.20 bits per heavy atom. The van der Waals surface area contributed by atoms with Gasteiger partial charge in [0.2, 0.25) is 11.8 Å². The molecule has 1 saturated heterocycles. The molecule has 0 aromatic carbocycles. The lowest BCUT2D eigenvalue weighted by molar-refractivity contribution is -0.134. The van der Waals surface area contributed by atoms with Crippen molar-refractivity contribution in [3.63, 3.8) is 0 Å². The minimum atomic E-state index is -1.13. The van der Waals surface area contributed by atoms with Crippen molar-refractivity contribution in [3.8, 4) is 0 Å². The van der Waals surface area contributed by atoms with Gasteiger partial charge in [-0.25, -0.2) is 14.3 Å². The van der Waals surface area contributed by atoms with Gasteiger partial charge < -0.3 is 5.11 Å². The van der Waals surface area contributed by atoms with E-state index in [1.807, 2.05) is 0 Å². The fourth-order valence-corrected chi connectivity index (χ4v) is 2.17. The van der Waals surface area contributed by atoms with Gasteiger partial charge in [0.1, 0.15) is 5.92 Å². The number of imide groups is 1. The summed E-state index contributed by atoms with van der Waals surface area (Å²) in [6, 6.07) is 4.56. The largest absolute Gasteiger partial charge is 0.477 e. The molecule has 2 amide bonds. The SMILES string of the molecule is O=C1CCC(c2nc3cccc(C(=O)O)n3n2)C(=O)N1. The number of nitrogens with one attached hydrogen (secondary N) is 1. The minimum absolute atomic E-state index is 0.0338. The van der Waals surface area contributed by atoms with Crippen LogP contribution in [0.2, 0.25) is 0 Å². The summed E-state index contributed by atoms with van der Waals surface area (Å²) in [5, 5.41) is 15.4. The van der Waals surface area contributed by atoms with Crippen LogP contribution >= 0.6 is 0 Å². The van der Waals surface area contributed by atoms with Gasteiger partial charge in [0.05, 0.1) is 0 Å². The first-order valence-electron chi connectivity index (χ1n) is 5.99. The van der Waals surface area contributed by atoms with E-state index in [0.29, 0.717) is 12.1 Å². The lowest BCUT2D eigenvalue weighted by Crippen LogP contribution is -2.39. The van der Waals surface area contributed by atoms with Crippen molar-refractivity contribution >= 4 is 23.4 Å². The third-order valence-corrected chi connectivity index (χ3v) is 3.15. The van der Waals surface area contributed by atoms with E-state index in [-0.39, 0.29) is 23.8 Å². The number of nitrogens with zero attached hydrogens (tertiary/aromatic N) is 3. The molecule has 1 aliphatic heterocycles. The zero-order valence-corrected chi connectivity index (χ0v) is 10.2. The van der Waals surface area contributed by atoms with Crippen molar-refractivity contribution in [2.24, 2.45) is 0 Å². The van der Waals surface area contributed by atoms with E-state index in [4.69, 9.17) is 5.11 Å². The molecule has 1 fully saturated rings. The molecule has 0 aliphatic carbocycles. The van der Waals surface area contributed by atoms with E-state index in [2.05, 4.69) is 15.4 Å². The van der Waals surface area contributed by atoms with Crippen LogP contribution in [-0.4, -0.2) is 37.5 Å². The number of fused-ring (bicyclic) bond motifs is 1. The van der Waals surface area contributed by atoms with Crippen LogP contribution in [0.15, 0.2) is 18.2 Å². The Kier molecular flexibility index (Phi) is 2.70. The number of piperidine rings is 1. The molecule has 0 saturated carbocycles. The lowest BCUT2D eigenvalue weighted by atomic mass is 9.98. The van der Waals surface area contributed by atoms with Crippen LogP contribution in [0.3, 0.4) is 0 Å². The molecule has 0 radical (unpaired) electrons. The number of carbonyl (C=O) groups is 3. The molecule has 8 nitrogen and oxygen atoms in total. The van der Waals surface area contributed by atoms with E-state index >= 15 is 0 Å². The van der Waals surface area contributed by atoms with Crippen LogP contribution in [0.25, 0.3) is 5.65 Å². The summed E-state index contributed by atoms with van der Waals surface area (Å²) < 4.78 is 1.18. The molecular formula is C12H10N4O4. The first kappa shape index (κ1) is 12.3. The van der Waals surface area contributed by atoms with Crippen molar-refractivity contribution in [1.29, 1.82) is 0 Å². The number of carbonyl (C=O) groups excluding carboxylic acids is 2. The second-order valence-electron chi connectivity index (χ2n) is 4.46. The molecule has 3 rings (SSSR count). The Bertz CT molecular complexity index is 736. The molecule has 102 valence electrons. The number of aromatic nitrogens is 3. The predicted molar refractivity (Wildman–Crippen MR) is 65.1 cm³/mol. The van der Waals surface area contributed by atoms with Crippen molar-refractivity contribution < 1.29 is 19.5 Å². The Morgan fingerprint density at radius 3 is 2.90 bits per heavy atom. The molecule has 0 bridgehead atoms. The number of amides is 2. The Morgan fingerprint density at radius 1 is 1.40 bits per heavy atom. The van der Waals surface area contributed by atoms with E-state index in [1.165, 1.54) is 10.6 Å². The molecule has 0 spiro atoms. The number of hydrogen-bond donors (Lipinski definition) is 2. The summed E-state index contributed by atoms with van der Waals surface area (Å²) in [5.41, 5.74) is 0.318. The van der Waals surface area contributed by atoms with E-state index in [9.17, 15) is 14.4 Å². The zero-order chi connectivity index (χ0) is 14.3. The highest BCUT2D eigenvalue weighted by molar-refractivity contribution is 6.00. The van der Waals surface area contributed by atoms with Crippen LogP contribution in [-0.2, 0) is 9.59 Å². The number of hydrogen-bond acceptors (Lipinski definition) is 5. The summed E-state index contributed by atoms with van der Waals surface area (Å²) in [6.45, 7) is 0. The van der Waals surface area contributed by atoms with Crippen LogP contribution in [0, 0.1) is 0 Å². The fraction of sp³-hybridized carbons (Fsp3) is 0.250. The summed E-state index contributed by atoms with van der Waals surface area (Å²) in [7, 11) is 0. The van der Waals surface area contributed by atoms with E-state index in [0.717, 1.165) is 0 Å². The summed E-state index contributed by atoms with van der Waals surface area (Å²) >= 11 is 0. The highest BCUT2D eigenvalue weighted by atomic mass is 16.4. The molecule has 8 heteroatoms. The van der Waals surface area contributed by atoms with Crippen LogP contribution in [0.5, 0.6) is 0 Å². The predicted octanol–water partition coefficient (Wildman–Crippen LogP) is -0.0523. The minimum Gasteiger partial charge on any atom is -0.477 e. The topological polar surface area (TPSA) is 114 Å². The summed E-state index contributed by atoms with van der Waals surface area (Å²) in [5.74, 6) is -2.30. The van der Waals surface area contributed by atoms with Crippen LogP contribution < -0.4 is 5.32 Å². The summed E-state index contributed by atoms with van der Waals surface area (Å²) in [4.78, 5) is 38.1. The number of carboxylic acid groups (broad SMARTS) is 1. The third kappa shape index (κ3) is 1.91. The first-order valence-corrected chi connectivity index (χ1v) is 5.99. The Balaban J connectivity index is 2.05. The average molecular weight is 274 g/mol. The molecule has 2 N–H and O–H groups in total. The molecular weight excluding hydrogens is 264 g/mol. The van der Waals surface area contributed by atoms with Crippen LogP contribution in [0.1, 0.15) is 35.1 Å². The monoisotopic (exact) mass is 274 g/mol. The molecule has 3 heterocycles. The maximum absolute atomic E-state index is 11.8. The van der Waals surface area contributed by atoms with Crippen molar-refractivity contribution in [2.75, 3.05) is 0 Å². The molecule has 1 atom stereocenters. The first-order chi connectivity index (χ1) is 9.56. The van der Waals surface area contributed by atoms with Crippen molar-refractivity contribution in [1.82, 2.24) is 19.9 Å². The number of rotatable bonds is 2. The molecule has 2 aromatic rings. The highest BCUT2D eigenvalue weighted by Crippen LogP contribution is 2.22. The van der Waals surface area contributed by atoms with Gasteiger partial charge in [-0.15, -0.1) is 5.10 Å². The van der Waals surface area contributed by atoms with Gasteiger partial charge in [0.25, 0.3) is 0 Å². The number of carboxylic acids is 1. The van der Waals surface area contributed by atoms with Gasteiger partial charge in [-0.3, -0.25) is 14.9 Å². The maximum atomic E-state index is 11.8. The van der Waals surface area contributed by atoms with Gasteiger partial charge in [-0.05, 0) is 18.6 Å². The second kappa shape index (κ2) is 4.41. The van der Waals surface area contributed by atoms with Crippen LogP contribution in [0.4, 0.5) is 0 Å². The number of aromatic carboxylic acids is 1. The molecule has 1 unspecified atom stereocenters. The quantitative estimate of drug-likeness (QED) is 0.742. The van der Waals surface area contributed by atoms with Gasteiger partial charge in [0.15, 0.2) is 17.2 Å². The van der Waals surface area contributed by atoms with Gasteiger partial charge in [-0.1, -0.05) is 6.07 Å². The van der Waals surface area contributed by atoms with E-state index in [1.54, 1.807) is 12.1 Å². The average Bonchev–Trinajstić information content (AvgIpc) is 2.81. The third-order valence-electron chi connectivity index (χ3n) is 3.15. The molecule has 20 heavy (non-hydrogen) atoms. The summed E-state index contributed by atoms with van der Waals surface area (Å²) in [6.07, 6.45) is 0.543. The normalized spacial score (nSPS) is 19.1. The van der Waals surface area contributed by atoms with Crippen molar-refractivity contribution in [3.05, 3.63) is 29.7 Å². The maximum Gasteiger partial charge on any atom is 0.354 e. The van der Waals surface area contributed by atoms with Gasteiger partial charge >= 0.3 is 5.97 Å². The van der Waals surface area contributed by atoms with Gasteiger partial charge in [0, 0.05) is 6.42 Å². The molecule has 1 aliphatic rings. The second-order valence-corrected chi connectivity index (χ2v) is 4.46. The van der Waals surface area contributed by atoms with Gasteiger partial charge in [-0.2, -0.15) is 0 Å². The smallest absolute Gasteiger partial charge is 0.354 e. The Labute approximate surface area is 112 Å². The highest BCUT2D eigenvalue weighted by Gasteiger charge is 2.31. The van der Waals surface area contributed by atoms with Crippen molar-refractivity contribution in [2.45, 2.75) is 18.8 Å². The number of pyridine rings is 1. The Hall–Kier alpha value is -2.77. The molecule has 2 aromatic heterocycles. The van der Waals surface area contributed by atoms with E-state index < -0.39 is 17.8 Å². The fourth-order valence-electron chi connectivity index (χ4n) is 2.17. The standard InChI is InChI=1S/C12H10N4O4/c17-9-5-4-6(11(18)14-9)10-13-8-3-1-2-7(12(19)20)16(8)15-10/h1-3,6H,4-5H2,(H,19,20)(H,14,17,18). The lowest BCUT2D eigenvalue weighted by Gasteiger charge is -2.17.